The van der Waals surface area contributed by atoms with Gasteiger partial charge in [-0.05, 0) is 67.6 Å². The average Bonchev–Trinajstić information content (AvgIpc) is 3.01. The first kappa shape index (κ1) is 23.4. The third kappa shape index (κ3) is 4.52. The molecule has 9 heteroatoms. The van der Waals surface area contributed by atoms with Crippen LogP contribution in [0.25, 0.3) is 0 Å². The van der Waals surface area contributed by atoms with Crippen molar-refractivity contribution >= 4 is 46.7 Å². The summed E-state index contributed by atoms with van der Waals surface area (Å²) in [7, 11) is 0. The van der Waals surface area contributed by atoms with Gasteiger partial charge in [0.2, 0.25) is 0 Å². The molecule has 1 aliphatic heterocycles. The zero-order valence-corrected chi connectivity index (χ0v) is 19.3. The predicted molar refractivity (Wildman–Crippen MR) is 120 cm³/mol. The van der Waals surface area contributed by atoms with Crippen LogP contribution in [0.3, 0.4) is 0 Å². The molecule has 3 amide bonds. The lowest BCUT2D eigenvalue weighted by atomic mass is 9.76. The van der Waals surface area contributed by atoms with E-state index in [9.17, 15) is 23.6 Å². The normalized spacial score (nSPS) is 22.3. The number of hydrazine groups is 1. The van der Waals surface area contributed by atoms with Crippen molar-refractivity contribution < 1.29 is 23.6 Å². The maximum atomic E-state index is 13.5. The molecular formula is C24H21Cl2FN2O4. The fraction of sp³-hybridized carbons (Fsp3) is 0.333. The lowest BCUT2D eigenvalue weighted by Gasteiger charge is -2.30. The van der Waals surface area contributed by atoms with Crippen molar-refractivity contribution in [1.82, 2.24) is 10.0 Å². The van der Waals surface area contributed by atoms with Gasteiger partial charge >= 0.3 is 0 Å². The van der Waals surface area contributed by atoms with E-state index in [1.54, 1.807) is 0 Å². The Labute approximate surface area is 200 Å². The number of carbonyl (C=O) groups is 4. The smallest absolute Gasteiger partial charge is 0.274 e. The second-order valence-corrected chi connectivity index (χ2v) is 9.38. The Morgan fingerprint density at radius 2 is 1.70 bits per heavy atom. The summed E-state index contributed by atoms with van der Waals surface area (Å²) in [5, 5.41) is 1.99. The molecule has 2 aromatic rings. The van der Waals surface area contributed by atoms with Crippen LogP contribution in [0.2, 0.25) is 10.0 Å². The lowest BCUT2D eigenvalue weighted by molar-refractivity contribution is -0.154. The van der Waals surface area contributed by atoms with Gasteiger partial charge in [0, 0.05) is 10.6 Å². The molecule has 2 fully saturated rings. The number of fused-ring (bicyclic) bond motifs is 1. The van der Waals surface area contributed by atoms with Crippen LogP contribution in [0.1, 0.15) is 46.9 Å². The summed E-state index contributed by atoms with van der Waals surface area (Å²) >= 11 is 12.1. The molecule has 2 aromatic carbocycles. The zero-order valence-electron chi connectivity index (χ0n) is 17.8. The molecule has 0 spiro atoms. The van der Waals surface area contributed by atoms with Gasteiger partial charge in [-0.25, -0.2) is 9.40 Å². The molecule has 0 radical (unpaired) electrons. The molecule has 0 bridgehead atoms. The van der Waals surface area contributed by atoms with E-state index in [4.69, 9.17) is 23.2 Å². The Bertz CT molecular complexity index is 1140. The van der Waals surface area contributed by atoms with Crippen molar-refractivity contribution in [2.75, 3.05) is 6.54 Å². The summed E-state index contributed by atoms with van der Waals surface area (Å²) in [5.41, 5.74) is 0.137. The molecule has 0 aromatic heterocycles. The summed E-state index contributed by atoms with van der Waals surface area (Å²) in [6.45, 7) is 1.43. The Hall–Kier alpha value is -2.77. The minimum absolute atomic E-state index is 0.00295. The van der Waals surface area contributed by atoms with E-state index in [1.807, 2.05) is 6.92 Å². The van der Waals surface area contributed by atoms with E-state index in [0.717, 1.165) is 28.6 Å². The van der Waals surface area contributed by atoms with Gasteiger partial charge < -0.3 is 0 Å². The number of rotatable bonds is 5. The number of hydrogen-bond acceptors (Lipinski definition) is 4. The largest absolute Gasteiger partial charge is 0.292 e. The fourth-order valence-corrected chi connectivity index (χ4v) is 5.00. The Morgan fingerprint density at radius 3 is 2.36 bits per heavy atom. The molecule has 2 aliphatic rings. The topological polar surface area (TPSA) is 74.8 Å². The molecule has 33 heavy (non-hydrogen) atoms. The number of nitrogens with zero attached hydrogens (tertiary/aromatic N) is 2. The third-order valence-electron chi connectivity index (χ3n) is 6.26. The number of carbonyl (C=O) groups excluding carboxylic acids is 4. The molecule has 1 saturated heterocycles. The van der Waals surface area contributed by atoms with E-state index in [0.29, 0.717) is 17.9 Å². The number of imide groups is 1. The van der Waals surface area contributed by atoms with Gasteiger partial charge in [0.25, 0.3) is 17.7 Å². The predicted octanol–water partition coefficient (Wildman–Crippen LogP) is 4.79. The van der Waals surface area contributed by atoms with Crippen molar-refractivity contribution in [2.24, 2.45) is 17.8 Å². The number of Topliss-reactive ketones (excluding diaryl/α,β-unsaturated/α-hetero) is 1. The van der Waals surface area contributed by atoms with Crippen molar-refractivity contribution in [1.29, 1.82) is 0 Å². The molecular weight excluding hydrogens is 470 g/mol. The van der Waals surface area contributed by atoms with Crippen LogP contribution in [-0.4, -0.2) is 40.1 Å². The number of halogens is 3. The molecule has 4 rings (SSSR count). The summed E-state index contributed by atoms with van der Waals surface area (Å²) in [4.78, 5) is 52.9. The van der Waals surface area contributed by atoms with E-state index in [1.165, 1.54) is 30.3 Å². The second kappa shape index (κ2) is 9.23. The highest BCUT2D eigenvalue weighted by Crippen LogP contribution is 2.41. The number of benzene rings is 2. The second-order valence-electron chi connectivity index (χ2n) is 8.54. The summed E-state index contributed by atoms with van der Waals surface area (Å²) in [5.74, 6) is -3.63. The van der Waals surface area contributed by atoms with E-state index in [2.05, 4.69) is 0 Å². The zero-order chi connectivity index (χ0) is 23.9. The van der Waals surface area contributed by atoms with Crippen LogP contribution in [0, 0.1) is 23.6 Å². The maximum absolute atomic E-state index is 13.5. The SMILES string of the molecule is C[C@@H]1CC[C@H]2C(=O)N(N(CC(=O)c3ccc(F)cc3)C(=O)c3ccc(Cl)cc3Cl)C(=O)[C@@H]2C1. The van der Waals surface area contributed by atoms with Crippen molar-refractivity contribution in [3.8, 4) is 0 Å². The average molecular weight is 491 g/mol. The van der Waals surface area contributed by atoms with Crippen LogP contribution in [0.15, 0.2) is 42.5 Å². The highest BCUT2D eigenvalue weighted by molar-refractivity contribution is 6.36. The van der Waals surface area contributed by atoms with Gasteiger partial charge in [0.1, 0.15) is 12.4 Å². The Morgan fingerprint density at radius 1 is 1.03 bits per heavy atom. The minimum Gasteiger partial charge on any atom is -0.292 e. The van der Waals surface area contributed by atoms with Crippen LogP contribution in [0.4, 0.5) is 4.39 Å². The molecule has 3 atom stereocenters. The number of amides is 3. The monoisotopic (exact) mass is 490 g/mol. The van der Waals surface area contributed by atoms with Gasteiger partial charge in [0.15, 0.2) is 5.78 Å². The van der Waals surface area contributed by atoms with Crippen LogP contribution >= 0.6 is 23.2 Å². The summed E-state index contributed by atoms with van der Waals surface area (Å²) < 4.78 is 13.3. The number of ketones is 1. The van der Waals surface area contributed by atoms with Gasteiger partial charge in [-0.15, -0.1) is 0 Å². The van der Waals surface area contributed by atoms with Crippen molar-refractivity contribution in [3.63, 3.8) is 0 Å². The van der Waals surface area contributed by atoms with Gasteiger partial charge in [-0.2, -0.15) is 5.01 Å². The molecule has 1 aliphatic carbocycles. The van der Waals surface area contributed by atoms with Crippen molar-refractivity contribution in [3.05, 3.63) is 69.5 Å². The van der Waals surface area contributed by atoms with E-state index >= 15 is 0 Å². The standard InChI is InChI=1S/C24H21Cl2FN2O4/c1-13-2-8-17-19(10-13)24(33)29(23(17)32)28(12-21(30)14-3-6-16(27)7-4-14)22(31)18-9-5-15(25)11-20(18)26/h3-7,9,11,13,17,19H,2,8,10,12H2,1H3/t13-,17-,19-/m1/s1. The lowest BCUT2D eigenvalue weighted by Crippen LogP contribution is -2.52. The quantitative estimate of drug-likeness (QED) is 0.445. The fourth-order valence-electron chi connectivity index (χ4n) is 4.51. The van der Waals surface area contributed by atoms with Gasteiger partial charge in [-0.3, -0.25) is 19.2 Å². The van der Waals surface area contributed by atoms with Gasteiger partial charge in [-0.1, -0.05) is 30.1 Å². The molecule has 0 unspecified atom stereocenters. The maximum Gasteiger partial charge on any atom is 0.274 e. The first-order chi connectivity index (χ1) is 15.7. The molecule has 1 heterocycles. The first-order valence-electron chi connectivity index (χ1n) is 10.6. The first-order valence-corrected chi connectivity index (χ1v) is 11.4. The van der Waals surface area contributed by atoms with E-state index < -0.39 is 47.7 Å². The minimum atomic E-state index is -0.777. The number of hydrogen-bond donors (Lipinski definition) is 0. The highest BCUT2D eigenvalue weighted by atomic mass is 35.5. The van der Waals surface area contributed by atoms with Gasteiger partial charge in [0.05, 0.1) is 22.4 Å². The molecule has 1 saturated carbocycles. The van der Waals surface area contributed by atoms with Crippen LogP contribution in [-0.2, 0) is 9.59 Å². The summed E-state index contributed by atoms with van der Waals surface area (Å²) in [6.07, 6.45) is 1.89. The third-order valence-corrected chi connectivity index (χ3v) is 6.81. The Balaban J connectivity index is 1.71. The van der Waals surface area contributed by atoms with Crippen molar-refractivity contribution in [2.45, 2.75) is 26.2 Å². The molecule has 0 N–H and O–H groups in total. The summed E-state index contributed by atoms with van der Waals surface area (Å²) in [6, 6.07) is 9.01. The van der Waals surface area contributed by atoms with Crippen LogP contribution < -0.4 is 0 Å². The van der Waals surface area contributed by atoms with E-state index in [-0.39, 0.29) is 22.1 Å². The van der Waals surface area contributed by atoms with Crippen LogP contribution in [0.5, 0.6) is 0 Å². The highest BCUT2D eigenvalue weighted by Gasteiger charge is 2.53. The molecule has 6 nitrogen and oxygen atoms in total. The molecule has 172 valence electrons. The Kier molecular flexibility index (Phi) is 6.54.